The molecular weight excluding hydrogens is 360 g/mol. The van der Waals surface area contributed by atoms with E-state index in [0.717, 1.165) is 12.8 Å². The molecular formula is C30H32. The van der Waals surface area contributed by atoms with E-state index in [2.05, 4.69) is 125 Å². The molecule has 0 saturated carbocycles. The molecule has 4 aromatic rings. The molecule has 0 radical (unpaired) electrons. The molecule has 4 aromatic carbocycles. The summed E-state index contributed by atoms with van der Waals surface area (Å²) < 4.78 is 0. The van der Waals surface area contributed by atoms with Gasteiger partial charge in [0.1, 0.15) is 0 Å². The zero-order valence-corrected chi connectivity index (χ0v) is 18.7. The van der Waals surface area contributed by atoms with E-state index in [4.69, 9.17) is 0 Å². The highest BCUT2D eigenvalue weighted by Gasteiger charge is 1.98. The van der Waals surface area contributed by atoms with Crippen molar-refractivity contribution in [1.29, 1.82) is 0 Å². The van der Waals surface area contributed by atoms with Crippen LogP contribution < -0.4 is 0 Å². The highest BCUT2D eigenvalue weighted by molar-refractivity contribution is 5.33. The molecule has 0 heterocycles. The third kappa shape index (κ3) is 6.74. The summed E-state index contributed by atoms with van der Waals surface area (Å²) in [4.78, 5) is 0. The van der Waals surface area contributed by atoms with Gasteiger partial charge < -0.3 is 0 Å². The molecule has 0 saturated heterocycles. The third-order valence-corrected chi connectivity index (χ3v) is 5.43. The molecule has 152 valence electrons. The lowest BCUT2D eigenvalue weighted by Gasteiger charge is -2.05. The molecule has 0 spiro atoms. The number of benzene rings is 4. The van der Waals surface area contributed by atoms with Crippen LogP contribution in [0.15, 0.2) is 97.1 Å². The van der Waals surface area contributed by atoms with Gasteiger partial charge in [-0.05, 0) is 68.4 Å². The summed E-state index contributed by atoms with van der Waals surface area (Å²) in [6.45, 7) is 8.53. The van der Waals surface area contributed by atoms with Crippen molar-refractivity contribution in [3.8, 4) is 0 Å². The van der Waals surface area contributed by atoms with Gasteiger partial charge in [-0.15, -0.1) is 0 Å². The summed E-state index contributed by atoms with van der Waals surface area (Å²) in [5.41, 5.74) is 10.9. The van der Waals surface area contributed by atoms with E-state index in [1.54, 1.807) is 0 Å². The Hall–Kier alpha value is -3.12. The first kappa shape index (κ1) is 21.6. The van der Waals surface area contributed by atoms with Crippen molar-refractivity contribution in [3.63, 3.8) is 0 Å². The van der Waals surface area contributed by atoms with E-state index in [1.165, 1.54) is 44.5 Å². The van der Waals surface area contributed by atoms with Crippen molar-refractivity contribution in [2.24, 2.45) is 0 Å². The van der Waals surface area contributed by atoms with E-state index >= 15 is 0 Å². The Kier molecular flexibility index (Phi) is 7.63. The highest BCUT2D eigenvalue weighted by atomic mass is 14.0. The van der Waals surface area contributed by atoms with Crippen LogP contribution in [0, 0.1) is 27.7 Å². The number of hydrogen-bond acceptors (Lipinski definition) is 0. The molecule has 0 aliphatic carbocycles. The van der Waals surface area contributed by atoms with Crippen LogP contribution in [0.2, 0.25) is 0 Å². The molecule has 30 heavy (non-hydrogen) atoms. The maximum atomic E-state index is 2.21. The van der Waals surface area contributed by atoms with Crippen LogP contribution in [0.5, 0.6) is 0 Å². The summed E-state index contributed by atoms with van der Waals surface area (Å²) >= 11 is 0. The van der Waals surface area contributed by atoms with Crippen LogP contribution in [0.25, 0.3) is 0 Å². The third-order valence-electron chi connectivity index (χ3n) is 5.43. The van der Waals surface area contributed by atoms with Crippen molar-refractivity contribution in [3.05, 3.63) is 142 Å². The minimum Gasteiger partial charge on any atom is -0.0620 e. The second-order valence-electron chi connectivity index (χ2n) is 8.24. The van der Waals surface area contributed by atoms with Crippen molar-refractivity contribution >= 4 is 0 Å². The maximum Gasteiger partial charge on any atom is -0.00231 e. The van der Waals surface area contributed by atoms with Gasteiger partial charge in [-0.3, -0.25) is 0 Å². The van der Waals surface area contributed by atoms with Crippen molar-refractivity contribution in [2.75, 3.05) is 0 Å². The van der Waals surface area contributed by atoms with E-state index in [-0.39, 0.29) is 0 Å². The zero-order chi connectivity index (χ0) is 21.3. The number of hydrogen-bond donors (Lipinski definition) is 0. The average Bonchev–Trinajstić information content (AvgIpc) is 2.75. The Morgan fingerprint density at radius 2 is 0.767 bits per heavy atom. The van der Waals surface area contributed by atoms with Crippen molar-refractivity contribution in [2.45, 2.75) is 40.5 Å². The zero-order valence-electron chi connectivity index (χ0n) is 18.7. The lowest BCUT2D eigenvalue weighted by molar-refractivity contribution is 1.15. The van der Waals surface area contributed by atoms with Gasteiger partial charge in [0.15, 0.2) is 0 Å². The summed E-state index contributed by atoms with van der Waals surface area (Å²) in [5, 5.41) is 0. The van der Waals surface area contributed by atoms with Crippen molar-refractivity contribution < 1.29 is 0 Å². The highest BCUT2D eigenvalue weighted by Crippen LogP contribution is 2.14. The van der Waals surface area contributed by atoms with Crippen molar-refractivity contribution in [1.82, 2.24) is 0 Å². The van der Waals surface area contributed by atoms with Gasteiger partial charge in [-0.25, -0.2) is 0 Å². The predicted octanol–water partition coefficient (Wildman–Crippen LogP) is 7.79. The van der Waals surface area contributed by atoms with E-state index in [0.29, 0.717) is 0 Å². The fraction of sp³-hybridized carbons (Fsp3) is 0.200. The Balaban J connectivity index is 0.000000171. The molecule has 0 aliphatic heterocycles. The normalized spacial score (nSPS) is 10.3. The Morgan fingerprint density at radius 3 is 1.17 bits per heavy atom. The van der Waals surface area contributed by atoms with Crippen LogP contribution in [0.4, 0.5) is 0 Å². The summed E-state index contributed by atoms with van der Waals surface area (Å²) in [5.74, 6) is 0. The van der Waals surface area contributed by atoms with Gasteiger partial charge in [0, 0.05) is 0 Å². The monoisotopic (exact) mass is 392 g/mol. The van der Waals surface area contributed by atoms with Crippen LogP contribution in [0.3, 0.4) is 0 Å². The van der Waals surface area contributed by atoms with Crippen LogP contribution in [-0.2, 0) is 12.8 Å². The SMILES string of the molecule is Cc1ccc(Cc2ccc(C)cc2)cc1.Cc1ccc(Cc2ccccc2C)cc1. The average molecular weight is 393 g/mol. The maximum absolute atomic E-state index is 2.21. The molecule has 0 heteroatoms. The molecule has 0 fully saturated rings. The fourth-order valence-electron chi connectivity index (χ4n) is 3.38. The van der Waals surface area contributed by atoms with E-state index in [9.17, 15) is 0 Å². The second-order valence-corrected chi connectivity index (χ2v) is 8.24. The standard InChI is InChI=1S/2C15H16/c1-12-3-7-14(8-4-12)11-15-9-5-13(2)6-10-15;1-12-7-9-14(10-8-12)11-15-6-4-3-5-13(15)2/h2*3-10H,11H2,1-2H3. The molecule has 0 bridgehead atoms. The first-order valence-corrected chi connectivity index (χ1v) is 10.7. The molecule has 0 unspecified atom stereocenters. The molecule has 0 aliphatic rings. The molecule has 0 atom stereocenters. The fourth-order valence-corrected chi connectivity index (χ4v) is 3.38. The Morgan fingerprint density at radius 1 is 0.400 bits per heavy atom. The molecule has 0 nitrogen and oxygen atoms in total. The van der Waals surface area contributed by atoms with Gasteiger partial charge in [-0.2, -0.15) is 0 Å². The van der Waals surface area contributed by atoms with Crippen LogP contribution in [0.1, 0.15) is 44.5 Å². The summed E-state index contributed by atoms with van der Waals surface area (Å²) in [6, 6.07) is 34.8. The minimum atomic E-state index is 1.03. The second kappa shape index (κ2) is 10.6. The number of aryl methyl sites for hydroxylation is 4. The van der Waals surface area contributed by atoms with Crippen LogP contribution >= 0.6 is 0 Å². The Labute approximate surface area is 182 Å². The smallest absolute Gasteiger partial charge is 0.00231 e. The number of rotatable bonds is 4. The Bertz CT molecular complexity index is 993. The summed E-state index contributed by atoms with van der Waals surface area (Å²) in [6.07, 6.45) is 2.06. The van der Waals surface area contributed by atoms with E-state index < -0.39 is 0 Å². The van der Waals surface area contributed by atoms with Gasteiger partial charge >= 0.3 is 0 Å². The predicted molar refractivity (Wildman–Crippen MR) is 130 cm³/mol. The topological polar surface area (TPSA) is 0 Å². The van der Waals surface area contributed by atoms with Gasteiger partial charge in [0.2, 0.25) is 0 Å². The summed E-state index contributed by atoms with van der Waals surface area (Å²) in [7, 11) is 0. The first-order valence-electron chi connectivity index (χ1n) is 10.7. The quantitative estimate of drug-likeness (QED) is 0.332. The van der Waals surface area contributed by atoms with Gasteiger partial charge in [-0.1, -0.05) is 114 Å². The molecule has 4 rings (SSSR count). The van der Waals surface area contributed by atoms with Gasteiger partial charge in [0.05, 0.1) is 0 Å². The minimum absolute atomic E-state index is 1.03. The largest absolute Gasteiger partial charge is 0.0620 e. The lowest BCUT2D eigenvalue weighted by Crippen LogP contribution is -1.91. The van der Waals surface area contributed by atoms with Gasteiger partial charge in [0.25, 0.3) is 0 Å². The van der Waals surface area contributed by atoms with Crippen LogP contribution in [-0.4, -0.2) is 0 Å². The first-order chi connectivity index (χ1) is 14.5. The molecule has 0 amide bonds. The lowest BCUT2D eigenvalue weighted by atomic mass is 10.0. The molecule has 0 N–H and O–H groups in total. The van der Waals surface area contributed by atoms with E-state index in [1.807, 2.05) is 0 Å². The molecule has 0 aromatic heterocycles.